The molecule has 152 valence electrons. The number of sulfone groups is 1. The van der Waals surface area contributed by atoms with Gasteiger partial charge < -0.3 is 4.74 Å². The van der Waals surface area contributed by atoms with Crippen molar-refractivity contribution in [3.8, 4) is 5.75 Å². The fraction of sp³-hybridized carbons (Fsp3) is 0.550. The topological polar surface area (TPSA) is 94.6 Å². The van der Waals surface area contributed by atoms with Crippen LogP contribution in [0.5, 0.6) is 5.75 Å². The van der Waals surface area contributed by atoms with Gasteiger partial charge in [0.1, 0.15) is 10.8 Å². The van der Waals surface area contributed by atoms with E-state index in [1.165, 1.54) is 12.1 Å². The Labute approximate surface area is 169 Å². The Balaban J connectivity index is 1.99. The summed E-state index contributed by atoms with van der Waals surface area (Å²) < 4.78 is 29.8. The molecular formula is C20H23ClO6S. The third-order valence-corrected chi connectivity index (χ3v) is 6.59. The van der Waals surface area contributed by atoms with E-state index in [1.54, 1.807) is 13.8 Å². The maximum atomic E-state index is 13.0. The molecule has 1 aromatic carbocycles. The summed E-state index contributed by atoms with van der Waals surface area (Å²) in [5.74, 6) is -2.72. The molecule has 2 aliphatic carbocycles. The van der Waals surface area contributed by atoms with Crippen LogP contribution in [0.3, 0.4) is 0 Å². The van der Waals surface area contributed by atoms with Gasteiger partial charge in [-0.2, -0.15) is 0 Å². The second kappa shape index (κ2) is 7.26. The zero-order chi connectivity index (χ0) is 20.9. The van der Waals surface area contributed by atoms with Crippen molar-refractivity contribution in [2.24, 2.45) is 17.3 Å². The van der Waals surface area contributed by atoms with Crippen LogP contribution in [0, 0.1) is 17.3 Å². The summed E-state index contributed by atoms with van der Waals surface area (Å²) in [6.45, 7) is 3.91. The third-order valence-electron chi connectivity index (χ3n) is 5.10. The minimum Gasteiger partial charge on any atom is -0.490 e. The smallest absolute Gasteiger partial charge is 0.182 e. The molecule has 0 heterocycles. The fourth-order valence-corrected chi connectivity index (χ4v) is 4.66. The van der Waals surface area contributed by atoms with Gasteiger partial charge in [0.05, 0.1) is 11.6 Å². The van der Waals surface area contributed by atoms with Crippen LogP contribution in [-0.2, 0) is 19.4 Å². The zero-order valence-corrected chi connectivity index (χ0v) is 17.7. The Morgan fingerprint density at radius 2 is 1.75 bits per heavy atom. The molecule has 0 amide bonds. The lowest BCUT2D eigenvalue weighted by atomic mass is 9.69. The van der Waals surface area contributed by atoms with Crippen molar-refractivity contribution in [2.45, 2.75) is 44.4 Å². The number of Topliss-reactive ketones (excluding diaryl/α,β-unsaturated/α-hetero) is 3. The Morgan fingerprint density at radius 3 is 2.25 bits per heavy atom. The molecule has 0 unspecified atom stereocenters. The number of benzene rings is 1. The molecule has 2 aliphatic rings. The quantitative estimate of drug-likeness (QED) is 0.511. The van der Waals surface area contributed by atoms with Crippen LogP contribution >= 0.6 is 11.6 Å². The Kier molecular flexibility index (Phi) is 5.44. The maximum Gasteiger partial charge on any atom is 0.182 e. The molecule has 1 aromatic rings. The van der Waals surface area contributed by atoms with Crippen LogP contribution in [0.2, 0.25) is 5.02 Å². The Bertz CT molecular complexity index is 939. The van der Waals surface area contributed by atoms with Crippen molar-refractivity contribution in [2.75, 3.05) is 12.9 Å². The molecule has 0 radical (unpaired) electrons. The average molecular weight is 427 g/mol. The van der Waals surface area contributed by atoms with Crippen molar-refractivity contribution < 1.29 is 27.5 Å². The minimum atomic E-state index is -3.64. The first-order valence-corrected chi connectivity index (χ1v) is 11.4. The van der Waals surface area contributed by atoms with Crippen molar-refractivity contribution >= 4 is 38.8 Å². The number of hydrogen-bond donors (Lipinski definition) is 0. The molecule has 0 bridgehead atoms. The SMILES string of the molecule is CC1(C)CC(=O)C(C(=O)c2ccc(S(C)(=O)=O)c(OCC3CC3)c2Cl)C(=O)C1. The largest absolute Gasteiger partial charge is 0.490 e. The number of ketones is 3. The van der Waals surface area contributed by atoms with E-state index in [4.69, 9.17) is 16.3 Å². The van der Waals surface area contributed by atoms with Gasteiger partial charge in [-0.15, -0.1) is 0 Å². The summed E-state index contributed by atoms with van der Waals surface area (Å²) in [5, 5.41) is -0.168. The van der Waals surface area contributed by atoms with E-state index in [2.05, 4.69) is 0 Å². The van der Waals surface area contributed by atoms with E-state index in [0.717, 1.165) is 19.1 Å². The van der Waals surface area contributed by atoms with E-state index in [9.17, 15) is 22.8 Å². The van der Waals surface area contributed by atoms with Crippen molar-refractivity contribution in [3.05, 3.63) is 22.7 Å². The number of carbonyl (C=O) groups excluding carboxylic acids is 3. The van der Waals surface area contributed by atoms with E-state index >= 15 is 0 Å². The van der Waals surface area contributed by atoms with E-state index < -0.39 is 38.5 Å². The maximum absolute atomic E-state index is 13.0. The summed E-state index contributed by atoms with van der Waals surface area (Å²) in [5.41, 5.74) is -0.542. The van der Waals surface area contributed by atoms with Crippen LogP contribution in [0.15, 0.2) is 17.0 Å². The van der Waals surface area contributed by atoms with Crippen molar-refractivity contribution in [3.63, 3.8) is 0 Å². The molecule has 0 spiro atoms. The molecule has 0 aliphatic heterocycles. The molecule has 2 saturated carbocycles. The molecule has 0 aromatic heterocycles. The van der Waals surface area contributed by atoms with Gasteiger partial charge in [0.2, 0.25) is 0 Å². The number of ether oxygens (including phenoxy) is 1. The normalized spacial score (nSPS) is 20.3. The molecular weight excluding hydrogens is 404 g/mol. The summed E-state index contributed by atoms with van der Waals surface area (Å²) >= 11 is 6.36. The van der Waals surface area contributed by atoms with Gasteiger partial charge in [-0.25, -0.2) is 8.42 Å². The monoisotopic (exact) mass is 426 g/mol. The predicted octanol–water partition coefficient (Wildman–Crippen LogP) is 3.29. The van der Waals surface area contributed by atoms with Crippen LogP contribution in [0.25, 0.3) is 0 Å². The second-order valence-corrected chi connectivity index (χ2v) is 10.9. The molecule has 2 fully saturated rings. The standard InChI is InChI=1S/C20H23ClO6S/c1-20(2)8-13(22)16(14(23)9-20)18(24)12-6-7-15(28(3,25)26)19(17(12)21)27-10-11-4-5-11/h6-7,11,16H,4-5,8-10H2,1-3H3. The molecule has 8 heteroatoms. The lowest BCUT2D eigenvalue weighted by Gasteiger charge is -2.31. The highest BCUT2D eigenvalue weighted by Gasteiger charge is 2.44. The highest BCUT2D eigenvalue weighted by atomic mass is 35.5. The summed E-state index contributed by atoms with van der Waals surface area (Å²) in [7, 11) is -3.64. The predicted molar refractivity (Wildman–Crippen MR) is 104 cm³/mol. The Morgan fingerprint density at radius 1 is 1.18 bits per heavy atom. The van der Waals surface area contributed by atoms with Crippen LogP contribution in [0.4, 0.5) is 0 Å². The highest BCUT2D eigenvalue weighted by Crippen LogP contribution is 2.40. The Hall–Kier alpha value is -1.73. The number of carbonyl (C=O) groups is 3. The molecule has 0 atom stereocenters. The first-order valence-electron chi connectivity index (χ1n) is 9.16. The zero-order valence-electron chi connectivity index (χ0n) is 16.1. The summed E-state index contributed by atoms with van der Waals surface area (Å²) in [4.78, 5) is 37.8. The van der Waals surface area contributed by atoms with Gasteiger partial charge in [-0.05, 0) is 36.3 Å². The van der Waals surface area contributed by atoms with Gasteiger partial charge in [0, 0.05) is 24.7 Å². The highest BCUT2D eigenvalue weighted by molar-refractivity contribution is 7.90. The van der Waals surface area contributed by atoms with Gasteiger partial charge >= 0.3 is 0 Å². The van der Waals surface area contributed by atoms with Crippen molar-refractivity contribution in [1.29, 1.82) is 0 Å². The van der Waals surface area contributed by atoms with E-state index in [-0.39, 0.29) is 34.1 Å². The molecule has 28 heavy (non-hydrogen) atoms. The summed E-state index contributed by atoms with van der Waals surface area (Å²) in [6, 6.07) is 2.50. The first-order chi connectivity index (χ1) is 12.9. The minimum absolute atomic E-state index is 0.0636. The molecule has 3 rings (SSSR count). The number of rotatable bonds is 6. The van der Waals surface area contributed by atoms with Gasteiger partial charge in [-0.1, -0.05) is 25.4 Å². The summed E-state index contributed by atoms with van der Waals surface area (Å²) in [6.07, 6.45) is 3.26. The molecule has 0 saturated heterocycles. The van der Waals surface area contributed by atoms with E-state index in [1.807, 2.05) is 0 Å². The molecule has 0 N–H and O–H groups in total. The molecule has 6 nitrogen and oxygen atoms in total. The number of halogens is 1. The van der Waals surface area contributed by atoms with Gasteiger partial charge in [0.25, 0.3) is 0 Å². The first kappa shape index (κ1) is 21.0. The van der Waals surface area contributed by atoms with Crippen LogP contribution in [-0.4, -0.2) is 38.6 Å². The second-order valence-electron chi connectivity index (χ2n) is 8.53. The van der Waals surface area contributed by atoms with Crippen LogP contribution in [0.1, 0.15) is 49.9 Å². The van der Waals surface area contributed by atoms with Gasteiger partial charge in [-0.3, -0.25) is 14.4 Å². The number of hydrogen-bond acceptors (Lipinski definition) is 6. The van der Waals surface area contributed by atoms with Crippen molar-refractivity contribution in [1.82, 2.24) is 0 Å². The average Bonchev–Trinajstić information content (AvgIpc) is 3.34. The van der Waals surface area contributed by atoms with Gasteiger partial charge in [0.15, 0.2) is 32.9 Å². The van der Waals surface area contributed by atoms with Crippen LogP contribution < -0.4 is 4.74 Å². The lowest BCUT2D eigenvalue weighted by molar-refractivity contribution is -0.137. The third kappa shape index (κ3) is 4.30. The fourth-order valence-electron chi connectivity index (χ4n) is 3.48. The van der Waals surface area contributed by atoms with E-state index in [0.29, 0.717) is 12.5 Å². The lowest BCUT2D eigenvalue weighted by Crippen LogP contribution is -2.41.